The number of hydrogen-bond donors (Lipinski definition) is 0. The van der Waals surface area contributed by atoms with E-state index in [0.29, 0.717) is 50.6 Å². The molecule has 4 heterocycles. The molecule has 0 saturated carbocycles. The van der Waals surface area contributed by atoms with Gasteiger partial charge in [-0.25, -0.2) is 4.98 Å². The van der Waals surface area contributed by atoms with Crippen molar-refractivity contribution in [2.45, 2.75) is 6.54 Å². The van der Waals surface area contributed by atoms with Gasteiger partial charge >= 0.3 is 0 Å². The van der Waals surface area contributed by atoms with Gasteiger partial charge in [0.2, 0.25) is 0 Å². The molecular formula is C20H13Cl2N3O3S2. The summed E-state index contributed by atoms with van der Waals surface area (Å²) in [4.78, 5) is 23.8. The number of ether oxygens (including phenoxy) is 2. The van der Waals surface area contributed by atoms with Crippen LogP contribution < -0.4 is 14.4 Å². The molecule has 1 amide bonds. The van der Waals surface area contributed by atoms with E-state index in [1.165, 1.54) is 11.3 Å². The average Bonchev–Trinajstić information content (AvgIpc) is 3.32. The van der Waals surface area contributed by atoms with Gasteiger partial charge in [0.15, 0.2) is 16.6 Å². The molecule has 0 N–H and O–H groups in total. The predicted octanol–water partition coefficient (Wildman–Crippen LogP) is 5.68. The van der Waals surface area contributed by atoms with Gasteiger partial charge in [-0.3, -0.25) is 14.7 Å². The van der Waals surface area contributed by atoms with E-state index in [2.05, 4.69) is 4.98 Å². The summed E-state index contributed by atoms with van der Waals surface area (Å²) in [6.45, 7) is 1.30. The van der Waals surface area contributed by atoms with Crippen LogP contribution in [0.4, 0.5) is 5.13 Å². The lowest BCUT2D eigenvalue weighted by atomic mass is 10.2. The molecule has 0 fully saturated rings. The van der Waals surface area contributed by atoms with E-state index >= 15 is 0 Å². The van der Waals surface area contributed by atoms with Crippen LogP contribution in [-0.2, 0) is 6.54 Å². The molecule has 1 aliphatic heterocycles. The number of carbonyl (C=O) groups excluding carboxylic acids is 1. The van der Waals surface area contributed by atoms with Crippen LogP contribution >= 0.6 is 45.9 Å². The Morgan fingerprint density at radius 2 is 1.93 bits per heavy atom. The minimum Gasteiger partial charge on any atom is -0.486 e. The Balaban J connectivity index is 1.58. The van der Waals surface area contributed by atoms with E-state index in [4.69, 9.17) is 37.7 Å². The number of halogens is 2. The van der Waals surface area contributed by atoms with Crippen molar-refractivity contribution >= 4 is 67.1 Å². The molecule has 3 aromatic heterocycles. The van der Waals surface area contributed by atoms with Crippen LogP contribution in [0.1, 0.15) is 15.9 Å². The summed E-state index contributed by atoms with van der Waals surface area (Å²) in [5.74, 6) is 1.06. The summed E-state index contributed by atoms with van der Waals surface area (Å²) in [5.41, 5.74) is 1.95. The van der Waals surface area contributed by atoms with Gasteiger partial charge in [-0.05, 0) is 17.7 Å². The number of amides is 1. The minimum atomic E-state index is -0.275. The van der Waals surface area contributed by atoms with E-state index in [-0.39, 0.29) is 5.91 Å². The second-order valence-electron chi connectivity index (χ2n) is 6.45. The number of fused-ring (bicyclic) bond motifs is 2. The molecule has 0 bridgehead atoms. The second-order valence-corrected chi connectivity index (χ2v) is 9.75. The van der Waals surface area contributed by atoms with Crippen LogP contribution in [-0.4, -0.2) is 29.1 Å². The van der Waals surface area contributed by atoms with E-state index in [0.717, 1.165) is 27.1 Å². The van der Waals surface area contributed by atoms with Crippen molar-refractivity contribution in [2.75, 3.05) is 18.1 Å². The molecule has 4 aromatic rings. The third kappa shape index (κ3) is 3.72. The Morgan fingerprint density at radius 1 is 1.13 bits per heavy atom. The summed E-state index contributed by atoms with van der Waals surface area (Å²) in [5, 5.41) is 0.541. The Morgan fingerprint density at radius 3 is 2.63 bits per heavy atom. The van der Waals surface area contributed by atoms with Crippen LogP contribution in [0.2, 0.25) is 8.67 Å². The summed E-state index contributed by atoms with van der Waals surface area (Å²) >= 11 is 14.9. The highest BCUT2D eigenvalue weighted by Crippen LogP contribution is 2.40. The van der Waals surface area contributed by atoms with Gasteiger partial charge in [0, 0.05) is 24.5 Å². The zero-order chi connectivity index (χ0) is 20.7. The first-order chi connectivity index (χ1) is 14.6. The quantitative estimate of drug-likeness (QED) is 0.378. The zero-order valence-corrected chi connectivity index (χ0v) is 18.4. The highest BCUT2D eigenvalue weighted by Gasteiger charge is 2.26. The largest absolute Gasteiger partial charge is 0.486 e. The van der Waals surface area contributed by atoms with Crippen molar-refractivity contribution in [3.8, 4) is 11.5 Å². The number of hydrogen-bond acceptors (Lipinski definition) is 7. The van der Waals surface area contributed by atoms with Crippen molar-refractivity contribution in [3.05, 3.63) is 62.5 Å². The van der Waals surface area contributed by atoms with Gasteiger partial charge in [-0.15, -0.1) is 11.3 Å². The molecule has 1 aromatic carbocycles. The normalized spacial score (nSPS) is 12.9. The van der Waals surface area contributed by atoms with Gasteiger partial charge < -0.3 is 9.47 Å². The van der Waals surface area contributed by atoms with Gasteiger partial charge in [0.25, 0.3) is 5.91 Å². The molecule has 0 atom stereocenters. The molecule has 0 radical (unpaired) electrons. The van der Waals surface area contributed by atoms with Crippen LogP contribution in [0.5, 0.6) is 11.5 Å². The number of rotatable bonds is 4. The first-order valence-corrected chi connectivity index (χ1v) is 11.3. The Labute approximate surface area is 189 Å². The van der Waals surface area contributed by atoms with Crippen molar-refractivity contribution in [1.29, 1.82) is 0 Å². The van der Waals surface area contributed by atoms with Crippen molar-refractivity contribution in [1.82, 2.24) is 9.97 Å². The van der Waals surface area contributed by atoms with Gasteiger partial charge in [0.05, 0.1) is 26.7 Å². The monoisotopic (exact) mass is 477 g/mol. The molecule has 30 heavy (non-hydrogen) atoms. The fourth-order valence-electron chi connectivity index (χ4n) is 3.10. The second kappa shape index (κ2) is 8.03. The zero-order valence-electron chi connectivity index (χ0n) is 15.3. The third-order valence-electron chi connectivity index (χ3n) is 4.47. The number of thiazole rings is 1. The maximum atomic E-state index is 13.4. The van der Waals surface area contributed by atoms with Crippen LogP contribution in [0.25, 0.3) is 10.2 Å². The maximum absolute atomic E-state index is 13.4. The van der Waals surface area contributed by atoms with Crippen LogP contribution in [0.3, 0.4) is 0 Å². The lowest BCUT2D eigenvalue weighted by Crippen LogP contribution is -2.30. The fraction of sp³-hybridized carbons (Fsp3) is 0.150. The maximum Gasteiger partial charge on any atom is 0.262 e. The predicted molar refractivity (Wildman–Crippen MR) is 120 cm³/mol. The first kappa shape index (κ1) is 19.6. The summed E-state index contributed by atoms with van der Waals surface area (Å²) in [6.07, 6.45) is 3.41. The Hall–Kier alpha value is -2.39. The van der Waals surface area contributed by atoms with Crippen LogP contribution in [0, 0.1) is 0 Å². The number of thiophene rings is 1. The molecule has 152 valence electrons. The molecule has 6 nitrogen and oxygen atoms in total. The van der Waals surface area contributed by atoms with Crippen LogP contribution in [0.15, 0.2) is 42.7 Å². The lowest BCUT2D eigenvalue weighted by molar-refractivity contribution is 0.0985. The standard InChI is InChI=1S/C20H13Cl2N3O3S2/c21-17-6-12(18(22)30-17)19(26)25(10-11-2-1-3-23-9-11)20-24-13-7-14-15(8-16(13)29-20)28-5-4-27-14/h1-3,6-9H,4-5,10H2. The number of benzene rings is 1. The smallest absolute Gasteiger partial charge is 0.262 e. The highest BCUT2D eigenvalue weighted by molar-refractivity contribution is 7.22. The van der Waals surface area contributed by atoms with Crippen molar-refractivity contribution < 1.29 is 14.3 Å². The first-order valence-electron chi connectivity index (χ1n) is 8.94. The van der Waals surface area contributed by atoms with E-state index in [1.54, 1.807) is 23.4 Å². The van der Waals surface area contributed by atoms with E-state index in [9.17, 15) is 4.79 Å². The molecule has 10 heteroatoms. The molecule has 1 aliphatic rings. The van der Waals surface area contributed by atoms with Gasteiger partial charge in [-0.2, -0.15) is 0 Å². The van der Waals surface area contributed by atoms with Crippen molar-refractivity contribution in [2.24, 2.45) is 0 Å². The average molecular weight is 478 g/mol. The SMILES string of the molecule is O=C(c1cc(Cl)sc1Cl)N(Cc1cccnc1)c1nc2cc3c(cc2s1)OCCO3. The lowest BCUT2D eigenvalue weighted by Gasteiger charge is -2.19. The summed E-state index contributed by atoms with van der Waals surface area (Å²) < 4.78 is 13.0. The Bertz CT molecular complexity index is 1200. The number of nitrogens with zero attached hydrogens (tertiary/aromatic N) is 3. The Kier molecular flexibility index (Phi) is 5.24. The fourth-order valence-corrected chi connectivity index (χ4v) is 5.52. The van der Waals surface area contributed by atoms with Gasteiger partial charge in [-0.1, -0.05) is 40.6 Å². The number of pyridine rings is 1. The molecule has 0 spiro atoms. The highest BCUT2D eigenvalue weighted by atomic mass is 35.5. The molecule has 0 saturated heterocycles. The molecular weight excluding hydrogens is 465 g/mol. The topological polar surface area (TPSA) is 64.6 Å². The van der Waals surface area contributed by atoms with E-state index in [1.807, 2.05) is 24.3 Å². The number of carbonyl (C=O) groups is 1. The minimum absolute atomic E-state index is 0.275. The van der Waals surface area contributed by atoms with E-state index < -0.39 is 0 Å². The summed E-state index contributed by atoms with van der Waals surface area (Å²) in [6, 6.07) is 9.05. The van der Waals surface area contributed by atoms with Crippen molar-refractivity contribution in [3.63, 3.8) is 0 Å². The molecule has 5 rings (SSSR count). The number of anilines is 1. The summed E-state index contributed by atoms with van der Waals surface area (Å²) in [7, 11) is 0. The molecule has 0 unspecified atom stereocenters. The van der Waals surface area contributed by atoms with Gasteiger partial charge in [0.1, 0.15) is 17.6 Å². The number of aromatic nitrogens is 2. The third-order valence-corrected chi connectivity index (χ3v) is 7.00. The molecule has 0 aliphatic carbocycles.